The second-order valence-electron chi connectivity index (χ2n) is 21.7. The highest BCUT2D eigenvalue weighted by atomic mass is 16.4. The van der Waals surface area contributed by atoms with E-state index in [4.69, 9.17) is 0 Å². The normalized spacial score (nSPS) is 12.4. The molecular formula is C70H50N10O15. The first-order chi connectivity index (χ1) is 45.7. The largest absolute Gasteiger partial charge is 0.507 e. The molecule has 470 valence electrons. The third kappa shape index (κ3) is 15.1. The van der Waals surface area contributed by atoms with Gasteiger partial charge in [-0.2, -0.15) is 51.1 Å². The molecule has 0 radical (unpaired) electrons. The number of rotatable bonds is 15. The molecule has 0 spiro atoms. The highest BCUT2D eigenvalue weighted by Gasteiger charge is 2.24. The minimum atomic E-state index is -1.16. The maximum absolute atomic E-state index is 12.6. The third-order valence-corrected chi connectivity index (χ3v) is 15.1. The number of phenols is 5. The zero-order valence-corrected chi connectivity index (χ0v) is 49.3. The molecule has 10 aromatic carbocycles. The topological polar surface area (TPSA) is 411 Å². The first kappa shape index (κ1) is 63.1. The molecule has 1 aliphatic rings. The van der Waals surface area contributed by atoms with Gasteiger partial charge in [-0.25, -0.2) is 24.0 Å². The number of hydrogen-bond donors (Lipinski definition) is 10. The first-order valence-electron chi connectivity index (χ1n) is 28.7. The van der Waals surface area contributed by atoms with Crippen LogP contribution in [0, 0.1) is 0 Å². The lowest BCUT2D eigenvalue weighted by atomic mass is 9.90. The van der Waals surface area contributed by atoms with Crippen LogP contribution in [-0.4, -0.2) is 80.9 Å². The molecule has 0 amide bonds. The van der Waals surface area contributed by atoms with Gasteiger partial charge < -0.3 is 51.1 Å². The summed E-state index contributed by atoms with van der Waals surface area (Å²) in [6.45, 7) is 0. The Hall–Kier alpha value is -13.5. The number of aromatic hydroxyl groups is 5. The molecule has 0 aromatic heterocycles. The fraction of sp³-hybridized carbons (Fsp3) is 0.0714. The number of nitrogens with zero attached hydrogens (tertiary/aromatic N) is 10. The summed E-state index contributed by atoms with van der Waals surface area (Å²) in [7, 11) is 0. The fourth-order valence-corrected chi connectivity index (χ4v) is 10.3. The number of phenolic OH excluding ortho intramolecular Hbond substituents is 5. The van der Waals surface area contributed by atoms with Gasteiger partial charge in [0.2, 0.25) is 0 Å². The van der Waals surface area contributed by atoms with E-state index in [0.717, 1.165) is 0 Å². The van der Waals surface area contributed by atoms with Crippen LogP contribution in [-0.2, 0) is 32.1 Å². The van der Waals surface area contributed by atoms with Gasteiger partial charge >= 0.3 is 29.8 Å². The number of aromatic carboxylic acids is 5. The van der Waals surface area contributed by atoms with E-state index in [2.05, 4.69) is 51.1 Å². The molecule has 25 nitrogen and oxygen atoms in total. The maximum atomic E-state index is 12.6. The number of hydrogen-bond acceptors (Lipinski definition) is 20. The summed E-state index contributed by atoms with van der Waals surface area (Å²) in [5.74, 6) is -7.49. The standard InChI is InChI=1S/C70H50N10O15/c81-61-41-21-43-28-57(77-72-52-13-3-37(4-14-52)67(88)89)30-45(62(43)82)23-47-32-59(79-74-54-17-7-39(8-18-54)69(92)93)34-49(64(47)84)25-50-35-60(80-75-55-19-9-40(10-20-55)70(94)95)33-48(65(50)85)24-46-31-58(78-73-53-15-5-38(6-16-53)68(90)91)29-44(63(46)83)22-42(61)27-56(26-41)76-71-51-11-1-36(2-12-51)66(86)87/h1-20,26-35,81-85H,21-25H2,(H,86,87)(H,88,89)(H,90,91)(H,92,93)(H,94,95). The fourth-order valence-electron chi connectivity index (χ4n) is 10.3. The van der Waals surface area contributed by atoms with E-state index in [-0.39, 0.29) is 201 Å². The lowest BCUT2D eigenvalue weighted by Crippen LogP contribution is -2.01. The third-order valence-electron chi connectivity index (χ3n) is 15.1. The second-order valence-corrected chi connectivity index (χ2v) is 21.7. The molecule has 1 aliphatic carbocycles. The predicted octanol–water partition coefficient (Wildman–Crippen LogP) is 17.0. The summed E-state index contributed by atoms with van der Waals surface area (Å²) in [6.07, 6.45) is -1.30. The zero-order valence-electron chi connectivity index (χ0n) is 49.3. The minimum absolute atomic E-state index is 0.00352. The van der Waals surface area contributed by atoms with Crippen LogP contribution in [0.25, 0.3) is 0 Å². The van der Waals surface area contributed by atoms with Crippen molar-refractivity contribution in [3.05, 3.63) is 265 Å². The van der Waals surface area contributed by atoms with Crippen molar-refractivity contribution >= 4 is 86.7 Å². The van der Waals surface area contributed by atoms with Crippen molar-refractivity contribution < 1.29 is 75.0 Å². The lowest BCUT2D eigenvalue weighted by Gasteiger charge is -2.18. The molecule has 11 rings (SSSR count). The summed E-state index contributed by atoms with van der Waals surface area (Å²) >= 11 is 0. The predicted molar refractivity (Wildman–Crippen MR) is 342 cm³/mol. The van der Waals surface area contributed by atoms with Crippen LogP contribution in [0.4, 0.5) is 56.9 Å². The van der Waals surface area contributed by atoms with E-state index in [1.54, 1.807) is 0 Å². The molecule has 10 bridgehead atoms. The van der Waals surface area contributed by atoms with E-state index in [1.807, 2.05) is 0 Å². The summed E-state index contributed by atoms with van der Waals surface area (Å²) in [5.41, 5.74) is 3.47. The Morgan fingerprint density at radius 1 is 0.200 bits per heavy atom. The average Bonchev–Trinajstić information content (AvgIpc) is 0.863. The molecule has 0 saturated heterocycles. The molecule has 25 heteroatoms. The summed E-state index contributed by atoms with van der Waals surface area (Å²) < 4.78 is 0. The molecule has 0 saturated carbocycles. The van der Waals surface area contributed by atoms with Crippen molar-refractivity contribution in [2.75, 3.05) is 0 Å². The van der Waals surface area contributed by atoms with Crippen molar-refractivity contribution in [3.8, 4) is 28.7 Å². The van der Waals surface area contributed by atoms with E-state index in [9.17, 15) is 75.0 Å². The maximum Gasteiger partial charge on any atom is 0.335 e. The smallest absolute Gasteiger partial charge is 0.335 e. The lowest BCUT2D eigenvalue weighted by molar-refractivity contribution is 0.0686. The van der Waals surface area contributed by atoms with Crippen molar-refractivity contribution in [2.24, 2.45) is 51.1 Å². The Morgan fingerprint density at radius 3 is 0.432 bits per heavy atom. The van der Waals surface area contributed by atoms with Crippen LogP contribution in [0.1, 0.15) is 107 Å². The van der Waals surface area contributed by atoms with Crippen LogP contribution >= 0.6 is 0 Å². The number of carboxylic acids is 5. The van der Waals surface area contributed by atoms with E-state index in [0.29, 0.717) is 0 Å². The van der Waals surface area contributed by atoms with Crippen molar-refractivity contribution in [1.82, 2.24) is 0 Å². The second kappa shape index (κ2) is 27.3. The van der Waals surface area contributed by atoms with E-state index >= 15 is 0 Å². The molecule has 10 N–H and O–H groups in total. The van der Waals surface area contributed by atoms with Crippen LogP contribution in [0.3, 0.4) is 0 Å². The van der Waals surface area contributed by atoms with Gasteiger partial charge in [0.1, 0.15) is 28.7 Å². The number of carbonyl (C=O) groups is 5. The molecule has 95 heavy (non-hydrogen) atoms. The van der Waals surface area contributed by atoms with Gasteiger partial charge in [-0.3, -0.25) is 0 Å². The van der Waals surface area contributed by atoms with Gasteiger partial charge in [0.05, 0.1) is 84.7 Å². The highest BCUT2D eigenvalue weighted by molar-refractivity contribution is 5.90. The molecule has 0 aliphatic heterocycles. The van der Waals surface area contributed by atoms with Crippen LogP contribution in [0.2, 0.25) is 0 Å². The Morgan fingerprint density at radius 2 is 0.316 bits per heavy atom. The average molecular weight is 1270 g/mol. The summed E-state index contributed by atoms with van der Waals surface area (Å²) in [4.78, 5) is 58.5. The minimum Gasteiger partial charge on any atom is -0.507 e. The van der Waals surface area contributed by atoms with E-state index in [1.165, 1.54) is 182 Å². The SMILES string of the molecule is O=C(O)c1ccc(N=Nc2cc3c(O)c(c2)Cc2cc(N=Nc4ccc(C(=O)O)cc4)cc(c2O)Cc2cc(N=Nc4ccc(C(=O)O)cc4)cc(c2O)Cc2cc(N=Nc4ccc(C(=O)O)cc4)cc(c2O)Cc2cc(N=Nc4ccc(C(=O)O)cc4)cc(c2O)C3)cc1. The number of benzene rings is 10. The molecule has 0 unspecified atom stereocenters. The first-order valence-corrected chi connectivity index (χ1v) is 28.7. The van der Waals surface area contributed by atoms with Crippen LogP contribution in [0.5, 0.6) is 28.7 Å². The highest BCUT2D eigenvalue weighted by Crippen LogP contribution is 2.44. The van der Waals surface area contributed by atoms with Gasteiger partial charge in [-0.05, 0) is 182 Å². The Labute approximate surface area is 537 Å². The van der Waals surface area contributed by atoms with E-state index < -0.39 is 29.8 Å². The summed E-state index contributed by atoms with van der Waals surface area (Å²) in [5, 5.41) is 155. The van der Waals surface area contributed by atoms with Gasteiger partial charge in [-0.15, -0.1) is 0 Å². The summed E-state index contributed by atoms with van der Waals surface area (Å²) in [6, 6.07) is 42.8. The molecule has 0 heterocycles. The van der Waals surface area contributed by atoms with Crippen molar-refractivity contribution in [1.29, 1.82) is 0 Å². The molecule has 0 atom stereocenters. The monoisotopic (exact) mass is 1270 g/mol. The van der Waals surface area contributed by atoms with Crippen LogP contribution in [0.15, 0.2) is 233 Å². The van der Waals surface area contributed by atoms with Crippen molar-refractivity contribution in [2.45, 2.75) is 32.1 Å². The van der Waals surface area contributed by atoms with Crippen molar-refractivity contribution in [3.63, 3.8) is 0 Å². The van der Waals surface area contributed by atoms with Gasteiger partial charge in [0.25, 0.3) is 0 Å². The van der Waals surface area contributed by atoms with Crippen LogP contribution < -0.4 is 0 Å². The Kier molecular flexibility index (Phi) is 18.2. The van der Waals surface area contributed by atoms with Gasteiger partial charge in [0, 0.05) is 87.7 Å². The molecule has 0 fully saturated rings. The number of azo groups is 5. The Bertz CT molecular complexity index is 4050. The Balaban J connectivity index is 1.14. The molecular weight excluding hydrogens is 1220 g/mol. The van der Waals surface area contributed by atoms with Gasteiger partial charge in [0.15, 0.2) is 0 Å². The quantitative estimate of drug-likeness (QED) is 0.0426. The molecule has 10 aromatic rings. The zero-order chi connectivity index (χ0) is 67.0. The van der Waals surface area contributed by atoms with Gasteiger partial charge in [-0.1, -0.05) is 0 Å². The number of carboxylic acid groups (broad SMARTS) is 5. The number of fused-ring (bicyclic) bond motifs is 10.